The summed E-state index contributed by atoms with van der Waals surface area (Å²) in [7, 11) is 0. The van der Waals surface area contributed by atoms with Crippen LogP contribution in [0.4, 0.5) is 5.69 Å². The number of fused-ring (bicyclic) bond motifs is 1. The molecule has 0 bridgehead atoms. The number of halogens is 1. The van der Waals surface area contributed by atoms with E-state index >= 15 is 0 Å². The second kappa shape index (κ2) is 4.37. The van der Waals surface area contributed by atoms with Crippen LogP contribution in [0, 0.1) is 6.92 Å². The maximum atomic E-state index is 5.97. The van der Waals surface area contributed by atoms with Gasteiger partial charge in [0.2, 0.25) is 0 Å². The molecule has 2 aromatic heterocycles. The number of nitrogens with zero attached hydrogens (tertiary/aromatic N) is 1. The zero-order valence-electron chi connectivity index (χ0n) is 9.77. The Morgan fingerprint density at radius 1 is 1.28 bits per heavy atom. The van der Waals surface area contributed by atoms with Crippen LogP contribution in [0.5, 0.6) is 0 Å². The third kappa shape index (κ3) is 1.82. The number of hydrogen-bond acceptors (Lipinski definition) is 3. The largest absolute Gasteiger partial charge is 0.397 e. The van der Waals surface area contributed by atoms with Crippen molar-refractivity contribution in [2.24, 2.45) is 0 Å². The van der Waals surface area contributed by atoms with Crippen LogP contribution in [0.1, 0.15) is 5.56 Å². The number of hydrogen-bond donors (Lipinski definition) is 1. The number of rotatable bonds is 1. The van der Waals surface area contributed by atoms with Crippen molar-refractivity contribution in [3.05, 3.63) is 45.9 Å². The summed E-state index contributed by atoms with van der Waals surface area (Å²) in [6.07, 6.45) is 1.78. The zero-order chi connectivity index (χ0) is 12.7. The first kappa shape index (κ1) is 11.7. The minimum Gasteiger partial charge on any atom is -0.397 e. The first-order valence-electron chi connectivity index (χ1n) is 5.56. The monoisotopic (exact) mass is 318 g/mol. The Morgan fingerprint density at radius 3 is 2.83 bits per heavy atom. The fourth-order valence-corrected chi connectivity index (χ4v) is 3.58. The van der Waals surface area contributed by atoms with Crippen LogP contribution in [0.3, 0.4) is 0 Å². The summed E-state index contributed by atoms with van der Waals surface area (Å²) >= 11 is 5.31. The Labute approximate surface area is 118 Å². The van der Waals surface area contributed by atoms with E-state index in [1.807, 2.05) is 12.1 Å². The van der Waals surface area contributed by atoms with Gasteiger partial charge >= 0.3 is 0 Å². The molecule has 0 unspecified atom stereocenters. The van der Waals surface area contributed by atoms with E-state index in [0.29, 0.717) is 0 Å². The quantitative estimate of drug-likeness (QED) is 0.665. The third-order valence-electron chi connectivity index (χ3n) is 2.92. The molecular weight excluding hydrogens is 308 g/mol. The molecule has 0 amide bonds. The summed E-state index contributed by atoms with van der Waals surface area (Å²) in [4.78, 5) is 5.60. The van der Waals surface area contributed by atoms with E-state index in [-0.39, 0.29) is 0 Å². The van der Waals surface area contributed by atoms with Gasteiger partial charge in [-0.05, 0) is 46.6 Å². The van der Waals surface area contributed by atoms with Gasteiger partial charge < -0.3 is 5.73 Å². The van der Waals surface area contributed by atoms with Crippen molar-refractivity contribution in [1.29, 1.82) is 0 Å². The first-order valence-corrected chi connectivity index (χ1v) is 7.17. The predicted octanol–water partition coefficient (Wildman–Crippen LogP) is 4.62. The Kier molecular flexibility index (Phi) is 2.84. The van der Waals surface area contributed by atoms with E-state index in [0.717, 1.165) is 16.6 Å². The molecule has 0 aliphatic carbocycles. The normalized spacial score (nSPS) is 11.0. The molecule has 1 aromatic carbocycles. The fraction of sp³-hybridized carbons (Fsp3) is 0.0714. The summed E-state index contributed by atoms with van der Waals surface area (Å²) in [5.41, 5.74) is 10.0. The lowest BCUT2D eigenvalue weighted by molar-refractivity contribution is 1.41. The van der Waals surface area contributed by atoms with Crippen LogP contribution in [-0.2, 0) is 0 Å². The number of aryl methyl sites for hydroxylation is 1. The number of pyridine rings is 1. The van der Waals surface area contributed by atoms with Gasteiger partial charge in [0.15, 0.2) is 0 Å². The van der Waals surface area contributed by atoms with Crippen LogP contribution in [0.15, 0.2) is 40.3 Å². The topological polar surface area (TPSA) is 38.9 Å². The Morgan fingerprint density at radius 2 is 2.11 bits per heavy atom. The van der Waals surface area contributed by atoms with Crippen molar-refractivity contribution >= 4 is 43.9 Å². The molecule has 18 heavy (non-hydrogen) atoms. The van der Waals surface area contributed by atoms with Crippen molar-refractivity contribution in [3.63, 3.8) is 0 Å². The summed E-state index contributed by atoms with van der Waals surface area (Å²) in [6.45, 7) is 2.10. The van der Waals surface area contributed by atoms with Crippen LogP contribution in [0.2, 0.25) is 0 Å². The second-order valence-corrected chi connectivity index (χ2v) is 6.54. The van der Waals surface area contributed by atoms with Gasteiger partial charge in [-0.2, -0.15) is 0 Å². The zero-order valence-corrected chi connectivity index (χ0v) is 12.2. The number of nitrogens with two attached hydrogens (primary N) is 1. The van der Waals surface area contributed by atoms with Crippen molar-refractivity contribution in [1.82, 2.24) is 4.98 Å². The molecule has 2 heterocycles. The van der Waals surface area contributed by atoms with E-state index in [2.05, 4.69) is 46.0 Å². The standard InChI is InChI=1S/C14H11BrN2S/c1-8-7-12(18-14(8)15)9-4-5-11(16)13-10(9)3-2-6-17-13/h2-7H,16H2,1H3. The molecule has 90 valence electrons. The highest BCUT2D eigenvalue weighted by molar-refractivity contribution is 9.11. The molecule has 4 heteroatoms. The Balaban J connectivity index is 2.33. The Bertz CT molecular complexity index is 714. The average molecular weight is 319 g/mol. The van der Waals surface area contributed by atoms with Gasteiger partial charge in [0.05, 0.1) is 15.0 Å². The predicted molar refractivity (Wildman–Crippen MR) is 81.9 cm³/mol. The van der Waals surface area contributed by atoms with Crippen LogP contribution in [0.25, 0.3) is 21.3 Å². The SMILES string of the molecule is Cc1cc(-c2ccc(N)c3ncccc23)sc1Br. The van der Waals surface area contributed by atoms with E-state index in [1.165, 1.54) is 19.8 Å². The number of nitrogen functional groups attached to an aromatic ring is 1. The van der Waals surface area contributed by atoms with Crippen molar-refractivity contribution in [3.8, 4) is 10.4 Å². The average Bonchev–Trinajstić information content (AvgIpc) is 2.70. The molecular formula is C14H11BrN2S. The molecule has 2 N–H and O–H groups in total. The van der Waals surface area contributed by atoms with E-state index in [4.69, 9.17) is 5.73 Å². The highest BCUT2D eigenvalue weighted by Gasteiger charge is 2.10. The van der Waals surface area contributed by atoms with Gasteiger partial charge in [0, 0.05) is 22.0 Å². The highest BCUT2D eigenvalue weighted by Crippen LogP contribution is 2.38. The third-order valence-corrected chi connectivity index (χ3v) is 5.09. The number of benzene rings is 1. The maximum Gasteiger partial charge on any atom is 0.0937 e. The van der Waals surface area contributed by atoms with Crippen LogP contribution < -0.4 is 5.73 Å². The summed E-state index contributed by atoms with van der Waals surface area (Å²) in [6, 6.07) is 10.2. The molecule has 0 aliphatic rings. The maximum absolute atomic E-state index is 5.97. The number of thiophene rings is 1. The van der Waals surface area contributed by atoms with Crippen molar-refractivity contribution in [2.45, 2.75) is 6.92 Å². The molecule has 3 aromatic rings. The summed E-state index contributed by atoms with van der Waals surface area (Å²) in [5.74, 6) is 0. The second-order valence-electron chi connectivity index (χ2n) is 4.17. The molecule has 2 nitrogen and oxygen atoms in total. The van der Waals surface area contributed by atoms with Crippen molar-refractivity contribution < 1.29 is 0 Å². The van der Waals surface area contributed by atoms with Gasteiger partial charge in [0.1, 0.15) is 0 Å². The number of aromatic nitrogens is 1. The lowest BCUT2D eigenvalue weighted by Crippen LogP contribution is -1.90. The highest BCUT2D eigenvalue weighted by atomic mass is 79.9. The smallest absolute Gasteiger partial charge is 0.0937 e. The van der Waals surface area contributed by atoms with Gasteiger partial charge in [-0.15, -0.1) is 11.3 Å². The molecule has 0 aliphatic heterocycles. The van der Waals surface area contributed by atoms with Gasteiger partial charge in [0.25, 0.3) is 0 Å². The van der Waals surface area contributed by atoms with Crippen LogP contribution in [-0.4, -0.2) is 4.98 Å². The first-order chi connectivity index (χ1) is 8.66. The molecule has 0 saturated carbocycles. The summed E-state index contributed by atoms with van der Waals surface area (Å²) in [5, 5.41) is 1.10. The molecule has 0 radical (unpaired) electrons. The molecule has 0 fully saturated rings. The van der Waals surface area contributed by atoms with Gasteiger partial charge in [-0.25, -0.2) is 0 Å². The van der Waals surface area contributed by atoms with E-state index in [9.17, 15) is 0 Å². The lowest BCUT2D eigenvalue weighted by Gasteiger charge is -2.06. The molecule has 3 rings (SSSR count). The van der Waals surface area contributed by atoms with Crippen LogP contribution >= 0.6 is 27.3 Å². The van der Waals surface area contributed by atoms with Gasteiger partial charge in [-0.1, -0.05) is 12.1 Å². The summed E-state index contributed by atoms with van der Waals surface area (Å²) < 4.78 is 1.17. The van der Waals surface area contributed by atoms with Crippen molar-refractivity contribution in [2.75, 3.05) is 5.73 Å². The fourth-order valence-electron chi connectivity index (χ4n) is 2.00. The minimum atomic E-state index is 0.724. The Hall–Kier alpha value is -1.39. The number of anilines is 1. The lowest BCUT2D eigenvalue weighted by atomic mass is 10.1. The van der Waals surface area contributed by atoms with Gasteiger partial charge in [-0.3, -0.25) is 4.98 Å². The molecule has 0 spiro atoms. The van der Waals surface area contributed by atoms with E-state index < -0.39 is 0 Å². The van der Waals surface area contributed by atoms with E-state index in [1.54, 1.807) is 17.5 Å². The minimum absolute atomic E-state index is 0.724. The molecule has 0 atom stereocenters. The molecule has 0 saturated heterocycles.